The molecule has 3 aromatic carbocycles. The predicted octanol–water partition coefficient (Wildman–Crippen LogP) is 5.64. The Hall–Kier alpha value is -9.49. The van der Waals surface area contributed by atoms with Crippen LogP contribution < -0.4 is 10.6 Å². The number of carbonyl (C=O) groups excluding carboxylic acids is 2. The van der Waals surface area contributed by atoms with E-state index in [0.717, 1.165) is 22.3 Å². The molecule has 4 aromatic heterocycles. The molecule has 0 saturated heterocycles. The molecule has 0 fully saturated rings. The summed E-state index contributed by atoms with van der Waals surface area (Å²) in [6, 6.07) is 40.0. The molecule has 0 aliphatic rings. The summed E-state index contributed by atoms with van der Waals surface area (Å²) in [6.45, 7) is 6.09. The van der Waals surface area contributed by atoms with Gasteiger partial charge < -0.3 is 71.9 Å². The van der Waals surface area contributed by atoms with Crippen molar-refractivity contribution in [3.8, 4) is 28.8 Å². The van der Waals surface area contributed by atoms with Crippen LogP contribution in [0.4, 0.5) is 0 Å². The Balaban J connectivity index is 0.00000213. The summed E-state index contributed by atoms with van der Waals surface area (Å²) in [5.74, 6) is -0.628. The number of nitriles is 1. The third-order valence-corrected chi connectivity index (χ3v) is 8.76. The van der Waals surface area contributed by atoms with Gasteiger partial charge in [0.1, 0.15) is 22.8 Å². The van der Waals surface area contributed by atoms with Gasteiger partial charge in [0.15, 0.2) is 0 Å². The number of pyridine rings is 2. The fourth-order valence-electron chi connectivity index (χ4n) is 5.74. The van der Waals surface area contributed by atoms with Gasteiger partial charge in [-0.3, -0.25) is 9.59 Å². The Bertz CT molecular complexity index is 2650. The number of nitrogens with one attached hydrogen (secondary N) is 2. The maximum atomic E-state index is 13.1. The van der Waals surface area contributed by atoms with Crippen molar-refractivity contribution < 1.29 is 64.1 Å². The van der Waals surface area contributed by atoms with Crippen LogP contribution in [0.1, 0.15) is 76.1 Å². The number of carbonyl (C=O) groups is 2. The van der Waals surface area contributed by atoms with Crippen molar-refractivity contribution in [3.63, 3.8) is 0 Å². The van der Waals surface area contributed by atoms with Crippen LogP contribution in [0.5, 0.6) is 0 Å². The summed E-state index contributed by atoms with van der Waals surface area (Å²) >= 11 is 0. The van der Waals surface area contributed by atoms with E-state index in [0.29, 0.717) is 22.8 Å². The molecule has 2 radical (unpaired) electrons. The molecule has 0 spiro atoms. The summed E-state index contributed by atoms with van der Waals surface area (Å²) in [7, 11) is 0. The van der Waals surface area contributed by atoms with Gasteiger partial charge in [-0.1, -0.05) is 107 Å². The van der Waals surface area contributed by atoms with Crippen LogP contribution in [-0.4, -0.2) is 72.1 Å². The zero-order valence-corrected chi connectivity index (χ0v) is 39.8. The predicted molar refractivity (Wildman–Crippen MR) is 249 cm³/mol. The molecule has 0 unspecified atom stereocenters. The molecule has 2 amide bonds. The molecule has 388 valence electrons. The first-order valence-electron chi connectivity index (χ1n) is 19.9. The molecule has 7 aromatic rings. The van der Waals surface area contributed by atoms with Crippen LogP contribution in [-0.2, 0) is 47.2 Å². The average molecular weight is 1100 g/mol. The van der Waals surface area contributed by atoms with Crippen molar-refractivity contribution >= 4 is 11.8 Å². The van der Waals surface area contributed by atoms with E-state index in [-0.39, 0.29) is 82.5 Å². The van der Waals surface area contributed by atoms with Crippen LogP contribution in [0.3, 0.4) is 0 Å². The molecule has 29 nitrogen and oxygen atoms in total. The van der Waals surface area contributed by atoms with Crippen molar-refractivity contribution in [2.75, 3.05) is 0 Å². The second-order valence-corrected chi connectivity index (χ2v) is 13.5. The molecule has 4 heterocycles. The zero-order valence-electron chi connectivity index (χ0n) is 37.9. The topological polar surface area (TPSA) is 434 Å². The van der Waals surface area contributed by atoms with E-state index >= 15 is 0 Å². The monoisotopic (exact) mass is 1100 g/mol. The standard InChI is InChI=1S/C40H36N10O2.C2H3N.2Cu.4NO3/c1-27(31-14-5-3-6-15-31)49-25-37(45-47-49)33-18-10-20-35(43-33)39(51)41-23-29-12-9-13-30(22-29)24-42-40(52)36-21-11-19-34(44-36)38-26-50(48-46-38)28(2)32-16-7-4-8-17-32;1-2-3;;;4*2-1(3)4/h3-22,25-28H,23-24H2,1-2H3,(H,41,51)(H,42,52);1H3;;;;;;/q;;2*+2;4*-1/t27-,28-;;;;;;;/m1......./s1. The molecule has 31 heteroatoms. The van der Waals surface area contributed by atoms with E-state index in [1.165, 1.54) is 6.92 Å². The minimum absolute atomic E-state index is 0. The van der Waals surface area contributed by atoms with Crippen LogP contribution in [0, 0.1) is 72.6 Å². The molecule has 2 N–H and O–H groups in total. The number of rotatable bonds is 12. The van der Waals surface area contributed by atoms with Crippen LogP contribution in [0.15, 0.2) is 134 Å². The normalized spacial score (nSPS) is 10.1. The van der Waals surface area contributed by atoms with Crippen molar-refractivity contribution in [2.24, 2.45) is 0 Å². The van der Waals surface area contributed by atoms with Crippen LogP contribution >= 0.6 is 0 Å². The van der Waals surface area contributed by atoms with Crippen molar-refractivity contribution in [1.82, 2.24) is 50.6 Å². The van der Waals surface area contributed by atoms with E-state index in [1.807, 2.05) is 111 Å². The fraction of sp³-hybridized carbons (Fsp3) is 0.167. The first-order valence-corrected chi connectivity index (χ1v) is 19.9. The molecule has 0 bridgehead atoms. The van der Waals surface area contributed by atoms with E-state index in [2.05, 4.69) is 41.2 Å². The van der Waals surface area contributed by atoms with Crippen molar-refractivity contribution in [3.05, 3.63) is 229 Å². The summed E-state index contributed by atoms with van der Waals surface area (Å²) in [6.07, 6.45) is 3.66. The minimum atomic E-state index is -1.75. The molecular formula is C42H39Cu2N15O14. The number of nitrogens with zero attached hydrogens (tertiary/aromatic N) is 13. The maximum Gasteiger partial charge on any atom is 2.00 e. The van der Waals surface area contributed by atoms with E-state index in [1.54, 1.807) is 51.8 Å². The van der Waals surface area contributed by atoms with Gasteiger partial charge in [-0.05, 0) is 60.4 Å². The molecule has 73 heavy (non-hydrogen) atoms. The molecule has 0 aliphatic heterocycles. The first kappa shape index (κ1) is 63.5. The first-order chi connectivity index (χ1) is 33.7. The van der Waals surface area contributed by atoms with Gasteiger partial charge in [0.05, 0.1) is 62.3 Å². The Morgan fingerprint density at radius 3 is 1.15 bits per heavy atom. The van der Waals surface area contributed by atoms with Gasteiger partial charge >= 0.3 is 34.1 Å². The van der Waals surface area contributed by atoms with Crippen molar-refractivity contribution in [1.29, 1.82) is 5.26 Å². The van der Waals surface area contributed by atoms with Crippen molar-refractivity contribution in [2.45, 2.75) is 45.9 Å². The quantitative estimate of drug-likeness (QED) is 0.0848. The average Bonchev–Trinajstić information content (AvgIpc) is 4.05. The molecule has 2 atom stereocenters. The van der Waals surface area contributed by atoms with Gasteiger partial charge in [0.25, 0.3) is 11.8 Å². The van der Waals surface area contributed by atoms with Gasteiger partial charge in [0, 0.05) is 20.0 Å². The van der Waals surface area contributed by atoms with E-state index < -0.39 is 20.3 Å². The molecular weight excluding hydrogens is 1070 g/mol. The number of benzene rings is 3. The molecule has 0 aliphatic carbocycles. The molecule has 7 rings (SSSR count). The second kappa shape index (κ2) is 33.9. The van der Waals surface area contributed by atoms with Gasteiger partial charge in [-0.15, -0.1) is 10.2 Å². The molecule has 0 saturated carbocycles. The Morgan fingerprint density at radius 1 is 0.534 bits per heavy atom. The van der Waals surface area contributed by atoms with Gasteiger partial charge in [-0.25, -0.2) is 19.3 Å². The third kappa shape index (κ3) is 24.6. The Kier molecular flexibility index (Phi) is 29.5. The summed E-state index contributed by atoms with van der Waals surface area (Å²) in [5, 5.41) is 89.4. The SMILES string of the molecule is CC#N.C[C@H](c1ccccc1)n1cc(-c2cccc(C(=O)NCc3cccc(CNC(=O)c4cccc(-c5cn([C@H](C)c6ccccc6)nn5)n4)c3)n2)nn1.O=[N+]([O-])[O-].O=[N+]([O-])[O-].O=[N+]([O-])[O-].O=[N+]([O-])[O-].[Cu+2].[Cu+2]. The van der Waals surface area contributed by atoms with E-state index in [4.69, 9.17) is 66.5 Å². The summed E-state index contributed by atoms with van der Waals surface area (Å²) < 4.78 is 3.56. The van der Waals surface area contributed by atoms with Crippen LogP contribution in [0.25, 0.3) is 22.8 Å². The number of amides is 2. The fourth-order valence-corrected chi connectivity index (χ4v) is 5.74. The third-order valence-electron chi connectivity index (χ3n) is 8.76. The Labute approximate surface area is 433 Å². The zero-order chi connectivity index (χ0) is 52.9. The summed E-state index contributed by atoms with van der Waals surface area (Å²) in [4.78, 5) is 68.3. The number of aromatic nitrogens is 8. The number of hydrogen-bond donors (Lipinski definition) is 2. The van der Waals surface area contributed by atoms with Gasteiger partial charge in [-0.2, -0.15) is 5.26 Å². The summed E-state index contributed by atoms with van der Waals surface area (Å²) in [5.41, 5.74) is 6.79. The van der Waals surface area contributed by atoms with E-state index in [9.17, 15) is 9.59 Å². The second-order valence-electron chi connectivity index (χ2n) is 13.5. The minimum Gasteiger partial charge on any atom is -0.356 e. The van der Waals surface area contributed by atoms with Crippen LogP contribution in [0.2, 0.25) is 0 Å². The smallest absolute Gasteiger partial charge is 0.356 e. The van der Waals surface area contributed by atoms with Gasteiger partial charge in [0.2, 0.25) is 0 Å². The Morgan fingerprint density at radius 2 is 0.836 bits per heavy atom. The number of hydrogen-bond acceptors (Lipinski definition) is 21. The largest absolute Gasteiger partial charge is 2.00 e. The maximum absolute atomic E-state index is 13.1.